The third kappa shape index (κ3) is 2.36. The van der Waals surface area contributed by atoms with Crippen molar-refractivity contribution in [1.82, 2.24) is 0 Å². The molecular formula is C6H13BrO3P+. The van der Waals surface area contributed by atoms with Crippen LogP contribution in [0.3, 0.4) is 0 Å². The largest absolute Gasteiger partial charge is 0.412 e. The van der Waals surface area contributed by atoms with Gasteiger partial charge in [-0.05, 0) is 29.8 Å². The second kappa shape index (κ2) is 4.15. The first-order valence-electron chi connectivity index (χ1n) is 3.72. The summed E-state index contributed by atoms with van der Waals surface area (Å²) in [6.07, 6.45) is 0.822. The van der Waals surface area contributed by atoms with Gasteiger partial charge in [-0.3, -0.25) is 0 Å². The molecule has 1 aliphatic heterocycles. The molecule has 1 fully saturated rings. The second-order valence-electron chi connectivity index (χ2n) is 2.16. The van der Waals surface area contributed by atoms with Gasteiger partial charge in [-0.2, -0.15) is 13.6 Å². The van der Waals surface area contributed by atoms with E-state index in [0.717, 1.165) is 6.16 Å². The Labute approximate surface area is 76.1 Å². The standard InChI is InChI=1S/C6H13BrO3P/c1-3-8-11(4-2)9-5-6(7)10-11/h6H,3-5H2,1-2H3/q+1. The molecule has 0 aromatic carbocycles. The van der Waals surface area contributed by atoms with Gasteiger partial charge in [0.2, 0.25) is 0 Å². The van der Waals surface area contributed by atoms with Crippen LogP contribution in [0.1, 0.15) is 13.8 Å². The smallest absolute Gasteiger partial charge is 0.178 e. The zero-order chi connectivity index (χ0) is 8.32. The molecule has 0 aromatic heterocycles. The fourth-order valence-corrected chi connectivity index (χ4v) is 3.91. The van der Waals surface area contributed by atoms with Crippen molar-refractivity contribution in [2.45, 2.75) is 18.9 Å². The molecule has 0 radical (unpaired) electrons. The van der Waals surface area contributed by atoms with Crippen molar-refractivity contribution in [3.05, 3.63) is 0 Å². The van der Waals surface area contributed by atoms with Gasteiger partial charge in [0.25, 0.3) is 0 Å². The van der Waals surface area contributed by atoms with E-state index in [2.05, 4.69) is 15.9 Å². The van der Waals surface area contributed by atoms with Gasteiger partial charge in [0.05, 0.1) is 6.61 Å². The average molecular weight is 244 g/mol. The first-order valence-corrected chi connectivity index (χ1v) is 6.36. The van der Waals surface area contributed by atoms with Gasteiger partial charge < -0.3 is 0 Å². The minimum atomic E-state index is -1.93. The van der Waals surface area contributed by atoms with Crippen LogP contribution in [0.25, 0.3) is 0 Å². The lowest BCUT2D eigenvalue weighted by molar-refractivity contribution is 0.231. The molecule has 0 bridgehead atoms. The van der Waals surface area contributed by atoms with Crippen molar-refractivity contribution in [3.63, 3.8) is 0 Å². The molecular weight excluding hydrogens is 231 g/mol. The third-order valence-corrected chi connectivity index (χ3v) is 4.67. The van der Waals surface area contributed by atoms with Crippen LogP contribution in [0.4, 0.5) is 0 Å². The first-order chi connectivity index (χ1) is 5.22. The van der Waals surface area contributed by atoms with Crippen molar-refractivity contribution in [2.75, 3.05) is 19.4 Å². The summed E-state index contributed by atoms with van der Waals surface area (Å²) in [4.78, 5) is 0. The number of hydrogen-bond acceptors (Lipinski definition) is 3. The van der Waals surface area contributed by atoms with Crippen LogP contribution in [0.2, 0.25) is 0 Å². The summed E-state index contributed by atoms with van der Waals surface area (Å²) in [6.45, 7) is 5.23. The molecule has 0 aliphatic carbocycles. The minimum absolute atomic E-state index is 0.0160. The molecule has 2 atom stereocenters. The van der Waals surface area contributed by atoms with Gasteiger partial charge in [0, 0.05) is 0 Å². The lowest BCUT2D eigenvalue weighted by Crippen LogP contribution is -2.01. The Morgan fingerprint density at radius 3 is 2.73 bits per heavy atom. The maximum absolute atomic E-state index is 5.52. The fourth-order valence-electron chi connectivity index (χ4n) is 0.929. The lowest BCUT2D eigenvalue weighted by Gasteiger charge is -2.12. The van der Waals surface area contributed by atoms with Crippen LogP contribution in [-0.4, -0.2) is 24.4 Å². The van der Waals surface area contributed by atoms with E-state index in [0.29, 0.717) is 13.2 Å². The minimum Gasteiger partial charge on any atom is -0.178 e. The molecule has 11 heavy (non-hydrogen) atoms. The number of alkyl halides is 1. The summed E-state index contributed by atoms with van der Waals surface area (Å²) in [6, 6.07) is 0. The summed E-state index contributed by atoms with van der Waals surface area (Å²) in [5, 5.41) is 0.0160. The van der Waals surface area contributed by atoms with E-state index in [1.807, 2.05) is 13.8 Å². The summed E-state index contributed by atoms with van der Waals surface area (Å²) in [7, 11) is -1.93. The highest BCUT2D eigenvalue weighted by molar-refractivity contribution is 9.09. The zero-order valence-corrected chi connectivity index (χ0v) is 9.23. The van der Waals surface area contributed by atoms with E-state index in [-0.39, 0.29) is 5.01 Å². The normalized spacial score (nSPS) is 37.9. The molecule has 0 N–H and O–H groups in total. The summed E-state index contributed by atoms with van der Waals surface area (Å²) < 4.78 is 16.4. The molecule has 1 saturated heterocycles. The molecule has 2 unspecified atom stereocenters. The maximum Gasteiger partial charge on any atom is 0.412 e. The van der Waals surface area contributed by atoms with Gasteiger partial charge in [0.1, 0.15) is 12.8 Å². The summed E-state index contributed by atoms with van der Waals surface area (Å²) in [5.41, 5.74) is 0. The quantitative estimate of drug-likeness (QED) is 0.564. The van der Waals surface area contributed by atoms with Crippen LogP contribution in [-0.2, 0) is 13.6 Å². The van der Waals surface area contributed by atoms with Crippen LogP contribution < -0.4 is 0 Å². The highest BCUT2D eigenvalue weighted by atomic mass is 79.9. The van der Waals surface area contributed by atoms with E-state index >= 15 is 0 Å². The van der Waals surface area contributed by atoms with Crippen LogP contribution in [0, 0.1) is 0 Å². The van der Waals surface area contributed by atoms with Crippen molar-refractivity contribution in [1.29, 1.82) is 0 Å². The summed E-state index contributed by atoms with van der Waals surface area (Å²) in [5.74, 6) is 0. The van der Waals surface area contributed by atoms with Crippen molar-refractivity contribution >= 4 is 23.9 Å². The second-order valence-corrected chi connectivity index (χ2v) is 5.76. The Morgan fingerprint density at radius 2 is 2.36 bits per heavy atom. The molecule has 66 valence electrons. The third-order valence-electron chi connectivity index (χ3n) is 1.39. The van der Waals surface area contributed by atoms with Crippen LogP contribution in [0.5, 0.6) is 0 Å². The Balaban J connectivity index is 2.48. The zero-order valence-electron chi connectivity index (χ0n) is 6.75. The number of halogens is 1. The highest BCUT2D eigenvalue weighted by Crippen LogP contribution is 2.66. The number of rotatable bonds is 3. The maximum atomic E-state index is 5.52. The molecule has 3 nitrogen and oxygen atoms in total. The predicted octanol–water partition coefficient (Wildman–Crippen LogP) is 2.57. The first kappa shape index (κ1) is 9.87. The molecule has 0 spiro atoms. The highest BCUT2D eigenvalue weighted by Gasteiger charge is 2.51. The average Bonchev–Trinajstić information content (AvgIpc) is 2.34. The Kier molecular flexibility index (Phi) is 3.72. The molecule has 1 heterocycles. The van der Waals surface area contributed by atoms with E-state index in [4.69, 9.17) is 13.6 Å². The van der Waals surface area contributed by atoms with Crippen molar-refractivity contribution < 1.29 is 13.6 Å². The van der Waals surface area contributed by atoms with E-state index in [1.165, 1.54) is 0 Å². The lowest BCUT2D eigenvalue weighted by atomic mass is 10.8. The summed E-state index contributed by atoms with van der Waals surface area (Å²) >= 11 is 3.33. The fraction of sp³-hybridized carbons (Fsp3) is 1.00. The Morgan fingerprint density at radius 1 is 1.64 bits per heavy atom. The number of hydrogen-bond donors (Lipinski definition) is 0. The van der Waals surface area contributed by atoms with Gasteiger partial charge in [-0.25, -0.2) is 0 Å². The van der Waals surface area contributed by atoms with Gasteiger partial charge in [-0.1, -0.05) is 0 Å². The Hall–Kier alpha value is 0.790. The topological polar surface area (TPSA) is 27.7 Å². The van der Waals surface area contributed by atoms with Gasteiger partial charge in [0.15, 0.2) is 5.01 Å². The van der Waals surface area contributed by atoms with E-state index in [9.17, 15) is 0 Å². The molecule has 0 aromatic rings. The van der Waals surface area contributed by atoms with Gasteiger partial charge >= 0.3 is 7.94 Å². The van der Waals surface area contributed by atoms with Gasteiger partial charge in [-0.15, -0.1) is 0 Å². The molecule has 5 heteroatoms. The molecule has 1 aliphatic rings. The predicted molar refractivity (Wildman–Crippen MR) is 48.8 cm³/mol. The van der Waals surface area contributed by atoms with Crippen LogP contribution in [0.15, 0.2) is 0 Å². The molecule has 0 saturated carbocycles. The van der Waals surface area contributed by atoms with E-state index < -0.39 is 7.94 Å². The Bertz CT molecular complexity index is 131. The van der Waals surface area contributed by atoms with Crippen molar-refractivity contribution in [3.8, 4) is 0 Å². The van der Waals surface area contributed by atoms with Crippen LogP contribution >= 0.6 is 23.9 Å². The SMILES string of the molecule is CCO[P+]1(CC)OCC(Br)O1. The van der Waals surface area contributed by atoms with E-state index in [1.54, 1.807) is 0 Å². The van der Waals surface area contributed by atoms with Crippen molar-refractivity contribution in [2.24, 2.45) is 0 Å². The molecule has 1 rings (SSSR count). The monoisotopic (exact) mass is 243 g/mol. The molecule has 0 amide bonds.